The molecule has 6 nitrogen and oxygen atoms in total. The lowest BCUT2D eigenvalue weighted by Crippen LogP contribution is -2.42. The minimum Gasteiger partial charge on any atom is -0.463 e. The number of aliphatic hydroxyl groups excluding tert-OH is 3. The van der Waals surface area contributed by atoms with Crippen molar-refractivity contribution in [1.29, 1.82) is 0 Å². The summed E-state index contributed by atoms with van der Waals surface area (Å²) in [6.45, 7) is 3.37. The Morgan fingerprint density at radius 1 is 1.35 bits per heavy atom. The van der Waals surface area contributed by atoms with Crippen LogP contribution in [0.1, 0.15) is 52.4 Å². The Morgan fingerprint density at radius 2 is 2.08 bits per heavy atom. The molecule has 2 aliphatic rings. The fourth-order valence-electron chi connectivity index (χ4n) is 3.98. The van der Waals surface area contributed by atoms with E-state index in [2.05, 4.69) is 6.08 Å². The standard InChI is InChI=1S/C19H32O6S/c1-12(20)11-26(24)17-10-18(22)25-13(2)6-4-3-5-7-14-8-15(21)9-16(14)19(17)23/h5,7,12-17,19-21,23H,3-4,6,8-11H2,1-2H3/b7-5+/t12-,13-,14+,15-,16+,17+,19-,26?/m0/s1. The third-order valence-corrected chi connectivity index (χ3v) is 7.20. The van der Waals surface area contributed by atoms with Gasteiger partial charge in [0, 0.05) is 16.6 Å². The maximum Gasteiger partial charge on any atom is 0.307 e. The molecular formula is C19H32O6S. The number of carbonyl (C=O) groups is 1. The van der Waals surface area contributed by atoms with Crippen molar-refractivity contribution in [2.24, 2.45) is 11.8 Å². The molecule has 7 heteroatoms. The topological polar surface area (TPSA) is 104 Å². The molecule has 26 heavy (non-hydrogen) atoms. The van der Waals surface area contributed by atoms with Crippen molar-refractivity contribution >= 4 is 16.8 Å². The van der Waals surface area contributed by atoms with E-state index in [0.29, 0.717) is 12.8 Å². The van der Waals surface area contributed by atoms with Crippen molar-refractivity contribution < 1.29 is 29.1 Å². The van der Waals surface area contributed by atoms with Gasteiger partial charge in [0.1, 0.15) is 0 Å². The molecule has 0 amide bonds. The quantitative estimate of drug-likeness (QED) is 0.497. The van der Waals surface area contributed by atoms with Crippen LogP contribution in [0.15, 0.2) is 12.2 Å². The Morgan fingerprint density at radius 3 is 2.77 bits per heavy atom. The van der Waals surface area contributed by atoms with Crippen LogP contribution in [0.2, 0.25) is 0 Å². The summed E-state index contributed by atoms with van der Waals surface area (Å²) in [5.41, 5.74) is 0. The van der Waals surface area contributed by atoms with Crippen molar-refractivity contribution in [1.82, 2.24) is 0 Å². The molecular weight excluding hydrogens is 356 g/mol. The average molecular weight is 389 g/mol. The molecule has 1 saturated carbocycles. The fraction of sp³-hybridized carbons (Fsp3) is 0.842. The third-order valence-electron chi connectivity index (χ3n) is 5.27. The minimum atomic E-state index is -1.57. The fourth-order valence-corrected chi connectivity index (χ4v) is 5.54. The molecule has 0 aromatic carbocycles. The SMILES string of the molecule is C[C@H](O)CS(=O)[C@@H]1CC(=O)O[C@@H](C)CCC/C=C/[C@@H]2C[C@H](O)C[C@H]2[C@@H]1O. The van der Waals surface area contributed by atoms with Crippen LogP contribution < -0.4 is 0 Å². The lowest BCUT2D eigenvalue weighted by Gasteiger charge is -2.29. The molecule has 3 N–H and O–H groups in total. The van der Waals surface area contributed by atoms with Crippen LogP contribution in [0.5, 0.6) is 0 Å². The van der Waals surface area contributed by atoms with Gasteiger partial charge in [-0.3, -0.25) is 9.00 Å². The molecule has 0 radical (unpaired) electrons. The van der Waals surface area contributed by atoms with Crippen LogP contribution in [0.4, 0.5) is 0 Å². The van der Waals surface area contributed by atoms with E-state index in [-0.39, 0.29) is 30.1 Å². The first-order chi connectivity index (χ1) is 12.3. The number of ether oxygens (including phenoxy) is 1. The number of esters is 1. The Kier molecular flexibility index (Phi) is 8.26. The first-order valence-electron chi connectivity index (χ1n) is 9.55. The molecule has 1 fully saturated rings. The van der Waals surface area contributed by atoms with E-state index in [0.717, 1.165) is 19.3 Å². The summed E-state index contributed by atoms with van der Waals surface area (Å²) < 4.78 is 18.1. The summed E-state index contributed by atoms with van der Waals surface area (Å²) in [5, 5.41) is 29.8. The van der Waals surface area contributed by atoms with E-state index in [4.69, 9.17) is 4.74 Å². The van der Waals surface area contributed by atoms with Crippen LogP contribution in [-0.4, -0.2) is 60.9 Å². The highest BCUT2D eigenvalue weighted by Gasteiger charge is 2.42. The monoisotopic (exact) mass is 388 g/mol. The summed E-state index contributed by atoms with van der Waals surface area (Å²) in [5.74, 6) is -0.724. The zero-order valence-corrected chi connectivity index (χ0v) is 16.4. The van der Waals surface area contributed by atoms with Gasteiger partial charge >= 0.3 is 5.97 Å². The first-order valence-corrected chi connectivity index (χ1v) is 10.9. The van der Waals surface area contributed by atoms with E-state index < -0.39 is 40.3 Å². The van der Waals surface area contributed by atoms with Gasteiger partial charge in [0.15, 0.2) is 0 Å². The predicted octanol–water partition coefficient (Wildman–Crippen LogP) is 1.29. The lowest BCUT2D eigenvalue weighted by molar-refractivity contribution is -0.149. The molecule has 150 valence electrons. The molecule has 0 saturated heterocycles. The number of rotatable bonds is 3. The van der Waals surface area contributed by atoms with Crippen LogP contribution in [0, 0.1) is 11.8 Å². The number of hydrogen-bond acceptors (Lipinski definition) is 6. The van der Waals surface area contributed by atoms with Crippen molar-refractivity contribution in [2.75, 3.05) is 5.75 Å². The molecule has 2 rings (SSSR count). The first kappa shape index (κ1) is 21.5. The maximum absolute atomic E-state index is 12.7. The van der Waals surface area contributed by atoms with Crippen molar-refractivity contribution in [3.8, 4) is 0 Å². The molecule has 0 aromatic heterocycles. The Labute approximate surface area is 158 Å². The predicted molar refractivity (Wildman–Crippen MR) is 99.9 cm³/mol. The second-order valence-electron chi connectivity index (χ2n) is 7.74. The smallest absolute Gasteiger partial charge is 0.307 e. The number of aliphatic hydroxyl groups is 3. The molecule has 1 aliphatic carbocycles. The summed E-state index contributed by atoms with van der Waals surface area (Å²) in [6.07, 6.45) is 4.94. The van der Waals surface area contributed by atoms with Crippen LogP contribution in [0.25, 0.3) is 0 Å². The van der Waals surface area contributed by atoms with Gasteiger partial charge in [-0.05, 0) is 57.8 Å². The van der Waals surface area contributed by atoms with E-state index in [1.807, 2.05) is 13.0 Å². The molecule has 0 bridgehead atoms. The molecule has 1 unspecified atom stereocenters. The summed E-state index contributed by atoms with van der Waals surface area (Å²) >= 11 is 0. The van der Waals surface area contributed by atoms with Gasteiger partial charge < -0.3 is 20.1 Å². The lowest BCUT2D eigenvalue weighted by atomic mass is 9.87. The normalized spacial score (nSPS) is 40.3. The van der Waals surface area contributed by atoms with Crippen LogP contribution >= 0.6 is 0 Å². The van der Waals surface area contributed by atoms with Crippen LogP contribution in [0.3, 0.4) is 0 Å². The summed E-state index contributed by atoms with van der Waals surface area (Å²) in [6, 6.07) is 0. The van der Waals surface area contributed by atoms with Gasteiger partial charge in [-0.1, -0.05) is 12.2 Å². The number of fused-ring (bicyclic) bond motifs is 1. The number of carbonyl (C=O) groups excluding carboxylic acids is 1. The van der Waals surface area contributed by atoms with Gasteiger partial charge in [0.05, 0.1) is 36.1 Å². The molecule has 0 spiro atoms. The van der Waals surface area contributed by atoms with Gasteiger partial charge in [0.25, 0.3) is 0 Å². The van der Waals surface area contributed by atoms with Crippen molar-refractivity contribution in [3.63, 3.8) is 0 Å². The number of allylic oxidation sites excluding steroid dienone is 2. The number of cyclic esters (lactones) is 1. The third kappa shape index (κ3) is 6.15. The Hall–Kier alpha value is -0.760. The Balaban J connectivity index is 2.26. The van der Waals surface area contributed by atoms with Gasteiger partial charge in [-0.25, -0.2) is 0 Å². The molecule has 1 aliphatic heterocycles. The highest BCUT2D eigenvalue weighted by atomic mass is 32.2. The van der Waals surface area contributed by atoms with Crippen LogP contribution in [-0.2, 0) is 20.3 Å². The van der Waals surface area contributed by atoms with Crippen molar-refractivity contribution in [3.05, 3.63) is 12.2 Å². The zero-order chi connectivity index (χ0) is 19.3. The van der Waals surface area contributed by atoms with E-state index >= 15 is 0 Å². The summed E-state index contributed by atoms with van der Waals surface area (Å²) in [4.78, 5) is 12.3. The molecule has 1 heterocycles. The minimum absolute atomic E-state index is 0.000229. The maximum atomic E-state index is 12.7. The second-order valence-corrected chi connectivity index (χ2v) is 9.44. The van der Waals surface area contributed by atoms with E-state index in [1.165, 1.54) is 6.92 Å². The van der Waals surface area contributed by atoms with E-state index in [9.17, 15) is 24.3 Å². The Bertz CT molecular complexity index is 520. The summed E-state index contributed by atoms with van der Waals surface area (Å²) in [7, 11) is -1.57. The van der Waals surface area contributed by atoms with Gasteiger partial charge in [-0.15, -0.1) is 0 Å². The highest BCUT2D eigenvalue weighted by molar-refractivity contribution is 7.85. The average Bonchev–Trinajstić information content (AvgIpc) is 2.91. The zero-order valence-electron chi connectivity index (χ0n) is 15.6. The molecule has 8 atom stereocenters. The number of hydrogen-bond donors (Lipinski definition) is 3. The van der Waals surface area contributed by atoms with Crippen molar-refractivity contribution in [2.45, 2.75) is 82.0 Å². The van der Waals surface area contributed by atoms with Gasteiger partial charge in [-0.2, -0.15) is 0 Å². The van der Waals surface area contributed by atoms with E-state index in [1.54, 1.807) is 0 Å². The largest absolute Gasteiger partial charge is 0.463 e. The second kappa shape index (κ2) is 9.97. The van der Waals surface area contributed by atoms with Gasteiger partial charge in [0.2, 0.25) is 0 Å². The highest BCUT2D eigenvalue weighted by Crippen LogP contribution is 2.38. The molecule has 0 aromatic rings.